The first kappa shape index (κ1) is 12.2. The maximum absolute atomic E-state index is 9.40. The highest BCUT2D eigenvalue weighted by Gasteiger charge is 2.17. The lowest BCUT2D eigenvalue weighted by molar-refractivity contribution is 0.170. The van der Waals surface area contributed by atoms with Crippen LogP contribution in [0.2, 0.25) is 0 Å². The third-order valence-corrected chi connectivity index (χ3v) is 2.95. The summed E-state index contributed by atoms with van der Waals surface area (Å²) in [4.78, 5) is 1.99. The summed E-state index contributed by atoms with van der Waals surface area (Å²) in [5.41, 5.74) is 1.04. The van der Waals surface area contributed by atoms with E-state index in [2.05, 4.69) is 0 Å². The Morgan fingerprint density at radius 1 is 1.24 bits per heavy atom. The summed E-state index contributed by atoms with van der Waals surface area (Å²) < 4.78 is 11.2. The average Bonchev–Trinajstić information content (AvgIpc) is 2.54. The van der Waals surface area contributed by atoms with E-state index in [4.69, 9.17) is 9.47 Å². The number of benzene rings is 1. The predicted octanol–water partition coefficient (Wildman–Crippen LogP) is 1.44. The number of hydrogen-bond donors (Lipinski definition) is 1. The van der Waals surface area contributed by atoms with Crippen molar-refractivity contribution in [3.8, 4) is 11.5 Å². The molecule has 0 aliphatic carbocycles. The Kier molecular flexibility index (Phi) is 3.86. The summed E-state index contributed by atoms with van der Waals surface area (Å²) in [7, 11) is 3.90. The lowest BCUT2D eigenvalue weighted by Gasteiger charge is -2.23. The molecule has 17 heavy (non-hydrogen) atoms. The zero-order valence-electron chi connectivity index (χ0n) is 10.3. The van der Waals surface area contributed by atoms with E-state index >= 15 is 0 Å². The second-order valence-electron chi connectivity index (χ2n) is 4.42. The molecular weight excluding hydrogens is 218 g/mol. The van der Waals surface area contributed by atoms with Gasteiger partial charge in [0.2, 0.25) is 0 Å². The third kappa shape index (κ3) is 2.70. The van der Waals surface area contributed by atoms with Crippen molar-refractivity contribution in [1.29, 1.82) is 0 Å². The van der Waals surface area contributed by atoms with Gasteiger partial charge in [-0.1, -0.05) is 6.07 Å². The smallest absolute Gasteiger partial charge is 0.161 e. The molecule has 0 bridgehead atoms. The number of nitrogens with zero attached hydrogens (tertiary/aromatic N) is 1. The molecule has 0 saturated heterocycles. The zero-order chi connectivity index (χ0) is 12.3. The van der Waals surface area contributed by atoms with E-state index < -0.39 is 0 Å². The molecular formula is C13H19NO3. The summed E-state index contributed by atoms with van der Waals surface area (Å²) in [6.45, 7) is 1.47. The summed E-state index contributed by atoms with van der Waals surface area (Å²) >= 11 is 0. The minimum absolute atomic E-state index is 0.00727. The fourth-order valence-corrected chi connectivity index (χ4v) is 1.95. The standard InChI is InChI=1S/C13H19NO3/c1-14(2)11(9-15)10-4-5-12-13(8-10)17-7-3-6-16-12/h4-5,8,11,15H,3,6-7,9H2,1-2H3. The number of hydrogen-bond acceptors (Lipinski definition) is 4. The summed E-state index contributed by atoms with van der Waals surface area (Å²) in [5.74, 6) is 1.57. The molecule has 0 aromatic heterocycles. The molecule has 94 valence electrons. The van der Waals surface area contributed by atoms with Gasteiger partial charge in [-0.3, -0.25) is 0 Å². The fraction of sp³-hybridized carbons (Fsp3) is 0.538. The second-order valence-corrected chi connectivity index (χ2v) is 4.42. The third-order valence-electron chi connectivity index (χ3n) is 2.95. The second kappa shape index (κ2) is 5.38. The summed E-state index contributed by atoms with van der Waals surface area (Å²) in [5, 5.41) is 9.40. The molecule has 0 amide bonds. The van der Waals surface area contributed by atoms with Gasteiger partial charge in [-0.25, -0.2) is 0 Å². The van der Waals surface area contributed by atoms with E-state index in [1.807, 2.05) is 37.2 Å². The van der Waals surface area contributed by atoms with Gasteiger partial charge in [0.25, 0.3) is 0 Å². The highest BCUT2D eigenvalue weighted by molar-refractivity contribution is 5.44. The zero-order valence-corrected chi connectivity index (χ0v) is 10.3. The maximum atomic E-state index is 9.40. The van der Waals surface area contributed by atoms with Crippen molar-refractivity contribution in [2.24, 2.45) is 0 Å². The van der Waals surface area contributed by atoms with Gasteiger partial charge in [0.15, 0.2) is 11.5 Å². The Labute approximate surface area is 102 Å². The van der Waals surface area contributed by atoms with E-state index in [1.54, 1.807) is 0 Å². The van der Waals surface area contributed by atoms with Gasteiger partial charge in [0.05, 0.1) is 25.9 Å². The van der Waals surface area contributed by atoms with Crippen LogP contribution in [0.3, 0.4) is 0 Å². The van der Waals surface area contributed by atoms with Crippen LogP contribution >= 0.6 is 0 Å². The topological polar surface area (TPSA) is 41.9 Å². The quantitative estimate of drug-likeness (QED) is 0.864. The Balaban J connectivity index is 2.28. The lowest BCUT2D eigenvalue weighted by Crippen LogP contribution is -2.23. The van der Waals surface area contributed by atoms with E-state index in [0.717, 1.165) is 23.5 Å². The monoisotopic (exact) mass is 237 g/mol. The minimum atomic E-state index is -0.00727. The number of ether oxygens (including phenoxy) is 2. The van der Waals surface area contributed by atoms with Crippen LogP contribution in [0.25, 0.3) is 0 Å². The first-order chi connectivity index (χ1) is 8.22. The summed E-state index contributed by atoms with van der Waals surface area (Å²) in [6.07, 6.45) is 0.904. The number of aliphatic hydroxyl groups is 1. The van der Waals surface area contributed by atoms with E-state index in [0.29, 0.717) is 13.2 Å². The van der Waals surface area contributed by atoms with Crippen LogP contribution in [0, 0.1) is 0 Å². The first-order valence-corrected chi connectivity index (χ1v) is 5.89. The van der Waals surface area contributed by atoms with Gasteiger partial charge in [0.1, 0.15) is 0 Å². The average molecular weight is 237 g/mol. The van der Waals surface area contributed by atoms with Crippen LogP contribution in [-0.2, 0) is 0 Å². The van der Waals surface area contributed by atoms with Gasteiger partial charge < -0.3 is 19.5 Å². The van der Waals surface area contributed by atoms with Gasteiger partial charge >= 0.3 is 0 Å². The summed E-state index contributed by atoms with van der Waals surface area (Å²) in [6, 6.07) is 5.85. The molecule has 2 rings (SSSR count). The Hall–Kier alpha value is -1.26. The van der Waals surface area contributed by atoms with Crippen molar-refractivity contribution in [3.05, 3.63) is 23.8 Å². The van der Waals surface area contributed by atoms with Crippen LogP contribution in [0.1, 0.15) is 18.0 Å². The van der Waals surface area contributed by atoms with Crippen molar-refractivity contribution in [3.63, 3.8) is 0 Å². The Morgan fingerprint density at radius 3 is 2.59 bits per heavy atom. The highest BCUT2D eigenvalue weighted by atomic mass is 16.5. The highest BCUT2D eigenvalue weighted by Crippen LogP contribution is 2.33. The van der Waals surface area contributed by atoms with Gasteiger partial charge in [-0.05, 0) is 31.8 Å². The lowest BCUT2D eigenvalue weighted by atomic mass is 10.1. The molecule has 1 atom stereocenters. The molecule has 1 unspecified atom stereocenters. The van der Waals surface area contributed by atoms with Gasteiger partial charge in [-0.2, -0.15) is 0 Å². The fourth-order valence-electron chi connectivity index (χ4n) is 1.95. The molecule has 1 N–H and O–H groups in total. The molecule has 0 saturated carbocycles. The first-order valence-electron chi connectivity index (χ1n) is 5.89. The normalized spacial score (nSPS) is 16.7. The van der Waals surface area contributed by atoms with Crippen LogP contribution in [0.5, 0.6) is 11.5 Å². The molecule has 4 nitrogen and oxygen atoms in total. The Bertz CT molecular complexity index is 379. The van der Waals surface area contributed by atoms with E-state index in [1.165, 1.54) is 0 Å². The van der Waals surface area contributed by atoms with Crippen molar-refractivity contribution in [1.82, 2.24) is 4.90 Å². The van der Waals surface area contributed by atoms with E-state index in [9.17, 15) is 5.11 Å². The SMILES string of the molecule is CN(C)C(CO)c1ccc2c(c1)OCCCO2. The number of rotatable bonds is 3. The molecule has 0 spiro atoms. The van der Waals surface area contributed by atoms with Crippen molar-refractivity contribution >= 4 is 0 Å². The number of fused-ring (bicyclic) bond motifs is 1. The number of aliphatic hydroxyl groups excluding tert-OH is 1. The molecule has 0 fully saturated rings. The van der Waals surface area contributed by atoms with Crippen LogP contribution in [0.15, 0.2) is 18.2 Å². The van der Waals surface area contributed by atoms with Crippen molar-refractivity contribution < 1.29 is 14.6 Å². The van der Waals surface area contributed by atoms with Crippen molar-refractivity contribution in [2.75, 3.05) is 33.9 Å². The van der Waals surface area contributed by atoms with Gasteiger partial charge in [0, 0.05) is 6.42 Å². The maximum Gasteiger partial charge on any atom is 0.161 e. The van der Waals surface area contributed by atoms with Crippen LogP contribution in [0.4, 0.5) is 0 Å². The predicted molar refractivity (Wildman–Crippen MR) is 65.6 cm³/mol. The largest absolute Gasteiger partial charge is 0.490 e. The van der Waals surface area contributed by atoms with Crippen LogP contribution in [-0.4, -0.2) is 43.9 Å². The molecule has 1 aromatic carbocycles. The molecule has 1 heterocycles. The molecule has 1 aliphatic heterocycles. The Morgan fingerprint density at radius 2 is 1.94 bits per heavy atom. The molecule has 0 radical (unpaired) electrons. The van der Waals surface area contributed by atoms with Gasteiger partial charge in [-0.15, -0.1) is 0 Å². The molecule has 1 aromatic rings. The minimum Gasteiger partial charge on any atom is -0.490 e. The molecule has 4 heteroatoms. The number of likely N-dealkylation sites (N-methyl/N-ethyl adjacent to an activating group) is 1. The van der Waals surface area contributed by atoms with Crippen molar-refractivity contribution in [2.45, 2.75) is 12.5 Å². The molecule has 1 aliphatic rings. The van der Waals surface area contributed by atoms with Crippen LogP contribution < -0.4 is 9.47 Å². The van der Waals surface area contributed by atoms with E-state index in [-0.39, 0.29) is 12.6 Å².